The predicted molar refractivity (Wildman–Crippen MR) is 79.1 cm³/mol. The van der Waals surface area contributed by atoms with Gasteiger partial charge in [0.1, 0.15) is 5.82 Å². The Morgan fingerprint density at radius 3 is 2.14 bits per heavy atom. The topological polar surface area (TPSA) is 24.4 Å². The molecule has 0 bridgehead atoms. The molecule has 1 N–H and O–H groups in total. The molecule has 0 aromatic heterocycles. The Morgan fingerprint density at radius 2 is 1.73 bits per heavy atom. The maximum absolute atomic E-state index is 12.8. The average molecular weight is 326 g/mol. The van der Waals surface area contributed by atoms with E-state index in [1.165, 1.54) is 13.0 Å². The smallest absolute Gasteiger partial charge is 0.370 e. The van der Waals surface area contributed by atoms with Crippen molar-refractivity contribution < 1.29 is 22.0 Å². The van der Waals surface area contributed by atoms with Crippen LogP contribution in [-0.4, -0.2) is 24.9 Å². The van der Waals surface area contributed by atoms with Crippen LogP contribution in [0, 0.1) is 5.92 Å². The van der Waals surface area contributed by atoms with Crippen LogP contribution in [0.2, 0.25) is 0 Å². The van der Waals surface area contributed by atoms with Crippen LogP contribution >= 0.6 is 0 Å². The summed E-state index contributed by atoms with van der Waals surface area (Å²) < 4.78 is 63.2. The quantitative estimate of drug-likeness (QED) is 0.488. The molecule has 0 aliphatic carbocycles. The molecular weight excluding hydrogens is 303 g/mol. The third-order valence-electron chi connectivity index (χ3n) is 2.90. The SMILES string of the molecule is C\C=C(/N=C\C(=C/C)C(F)(F)F)NCCC(C)CC(C)(F)F. The van der Waals surface area contributed by atoms with E-state index in [0.29, 0.717) is 13.0 Å². The van der Waals surface area contributed by atoms with Crippen molar-refractivity contribution in [1.29, 1.82) is 0 Å². The number of halogens is 5. The van der Waals surface area contributed by atoms with E-state index in [2.05, 4.69) is 10.3 Å². The zero-order valence-corrected chi connectivity index (χ0v) is 13.3. The lowest BCUT2D eigenvalue weighted by Gasteiger charge is -2.17. The Labute approximate surface area is 128 Å². The zero-order valence-electron chi connectivity index (χ0n) is 13.3. The van der Waals surface area contributed by atoms with Crippen LogP contribution in [0.15, 0.2) is 28.5 Å². The summed E-state index contributed by atoms with van der Waals surface area (Å²) in [5.41, 5.74) is -0.840. The maximum atomic E-state index is 12.8. The second kappa shape index (κ2) is 8.90. The first kappa shape index (κ1) is 20.6. The van der Waals surface area contributed by atoms with Crippen LogP contribution in [-0.2, 0) is 0 Å². The van der Waals surface area contributed by atoms with E-state index in [4.69, 9.17) is 0 Å². The van der Waals surface area contributed by atoms with Crippen LogP contribution in [0.4, 0.5) is 22.0 Å². The first-order valence-corrected chi connectivity index (χ1v) is 7.05. The molecule has 0 saturated heterocycles. The molecule has 0 fully saturated rings. The minimum atomic E-state index is -4.45. The van der Waals surface area contributed by atoms with Gasteiger partial charge in [0, 0.05) is 19.2 Å². The van der Waals surface area contributed by atoms with Gasteiger partial charge in [0.15, 0.2) is 0 Å². The van der Waals surface area contributed by atoms with Gasteiger partial charge in [-0.05, 0) is 39.2 Å². The average Bonchev–Trinajstić information content (AvgIpc) is 2.33. The first-order valence-electron chi connectivity index (χ1n) is 7.05. The number of hydrogen-bond donors (Lipinski definition) is 1. The lowest BCUT2D eigenvalue weighted by atomic mass is 10.0. The van der Waals surface area contributed by atoms with Crippen molar-refractivity contribution >= 4 is 6.21 Å². The Morgan fingerprint density at radius 1 is 1.14 bits per heavy atom. The van der Waals surface area contributed by atoms with Crippen molar-refractivity contribution in [1.82, 2.24) is 5.32 Å². The number of nitrogens with zero attached hydrogens (tertiary/aromatic N) is 1. The van der Waals surface area contributed by atoms with Crippen molar-refractivity contribution in [3.8, 4) is 0 Å². The van der Waals surface area contributed by atoms with Crippen molar-refractivity contribution in [2.45, 2.75) is 52.6 Å². The molecular formula is C15H23F5N2. The van der Waals surface area contributed by atoms with Crippen LogP contribution in [0.5, 0.6) is 0 Å². The number of alkyl halides is 5. The zero-order chi connectivity index (χ0) is 17.4. The highest BCUT2D eigenvalue weighted by Gasteiger charge is 2.31. The van der Waals surface area contributed by atoms with Gasteiger partial charge in [0.25, 0.3) is 0 Å². The Kier molecular flexibility index (Phi) is 8.34. The van der Waals surface area contributed by atoms with Crippen LogP contribution < -0.4 is 5.32 Å². The molecule has 22 heavy (non-hydrogen) atoms. The molecule has 0 rings (SSSR count). The van der Waals surface area contributed by atoms with Crippen LogP contribution in [0.25, 0.3) is 0 Å². The van der Waals surface area contributed by atoms with E-state index in [9.17, 15) is 22.0 Å². The van der Waals surface area contributed by atoms with E-state index in [-0.39, 0.29) is 18.2 Å². The summed E-state index contributed by atoms with van der Waals surface area (Å²) in [4.78, 5) is 3.74. The molecule has 0 aromatic carbocycles. The monoisotopic (exact) mass is 326 g/mol. The summed E-state index contributed by atoms with van der Waals surface area (Å²) in [6.45, 7) is 5.86. The number of allylic oxidation sites excluding steroid dienone is 3. The molecule has 7 heteroatoms. The van der Waals surface area contributed by atoms with Crippen molar-refractivity contribution in [2.24, 2.45) is 10.9 Å². The number of rotatable bonds is 8. The number of aliphatic imine (C=N–C) groups is 1. The molecule has 1 atom stereocenters. The van der Waals surface area contributed by atoms with Gasteiger partial charge in [0.05, 0.1) is 5.57 Å². The molecule has 2 nitrogen and oxygen atoms in total. The van der Waals surface area contributed by atoms with Gasteiger partial charge >= 0.3 is 6.18 Å². The van der Waals surface area contributed by atoms with Gasteiger partial charge < -0.3 is 5.32 Å². The van der Waals surface area contributed by atoms with E-state index in [1.54, 1.807) is 13.8 Å². The number of nitrogens with one attached hydrogen (secondary N) is 1. The highest BCUT2D eigenvalue weighted by Crippen LogP contribution is 2.25. The minimum absolute atomic E-state index is 0.198. The summed E-state index contributed by atoms with van der Waals surface area (Å²) in [5.74, 6) is -2.64. The van der Waals surface area contributed by atoms with Crippen molar-refractivity contribution in [2.75, 3.05) is 6.54 Å². The van der Waals surface area contributed by atoms with Gasteiger partial charge in [-0.2, -0.15) is 13.2 Å². The summed E-state index contributed by atoms with van der Waals surface area (Å²) in [6, 6.07) is 0. The van der Waals surface area contributed by atoms with Gasteiger partial charge in [-0.15, -0.1) is 0 Å². The van der Waals surface area contributed by atoms with Gasteiger partial charge in [-0.25, -0.2) is 13.8 Å². The molecule has 0 saturated carbocycles. The maximum Gasteiger partial charge on any atom is 0.417 e. The third kappa shape index (κ3) is 9.52. The van der Waals surface area contributed by atoms with Gasteiger partial charge in [0.2, 0.25) is 5.92 Å². The molecule has 0 aliphatic rings. The van der Waals surface area contributed by atoms with E-state index in [1.807, 2.05) is 0 Å². The Balaban J connectivity index is 4.41. The van der Waals surface area contributed by atoms with Crippen molar-refractivity contribution in [3.05, 3.63) is 23.5 Å². The number of hydrogen-bond acceptors (Lipinski definition) is 2. The summed E-state index contributed by atoms with van der Waals surface area (Å²) in [7, 11) is 0. The summed E-state index contributed by atoms with van der Waals surface area (Å²) >= 11 is 0. The Bertz CT molecular complexity index is 417. The minimum Gasteiger partial charge on any atom is -0.370 e. The molecule has 128 valence electrons. The molecule has 0 aromatic rings. The van der Waals surface area contributed by atoms with Crippen LogP contribution in [0.3, 0.4) is 0 Å². The fourth-order valence-corrected chi connectivity index (χ4v) is 1.83. The molecule has 0 amide bonds. The predicted octanol–water partition coefficient (Wildman–Crippen LogP) is 5.09. The second-order valence-electron chi connectivity index (χ2n) is 5.27. The normalized spacial score (nSPS) is 16.2. The highest BCUT2D eigenvalue weighted by atomic mass is 19.4. The van der Waals surface area contributed by atoms with Crippen molar-refractivity contribution in [3.63, 3.8) is 0 Å². The molecule has 1 unspecified atom stereocenters. The second-order valence-corrected chi connectivity index (χ2v) is 5.27. The van der Waals surface area contributed by atoms with Gasteiger partial charge in [-0.3, -0.25) is 0 Å². The summed E-state index contributed by atoms with van der Waals surface area (Å²) in [5, 5.41) is 2.84. The van der Waals surface area contributed by atoms with E-state index >= 15 is 0 Å². The summed E-state index contributed by atoms with van der Waals surface area (Å²) in [6.07, 6.45) is -0.988. The van der Waals surface area contributed by atoms with E-state index in [0.717, 1.165) is 19.2 Å². The lowest BCUT2D eigenvalue weighted by Crippen LogP contribution is -2.20. The standard InChI is InChI=1S/C15H23F5N2/c1-5-12(15(18,19)20)10-22-13(6-2)21-8-7-11(3)9-14(4,16)17/h5-6,10-11,21H,7-9H2,1-4H3/b12-5+,13-6-,22-10-. The van der Waals surface area contributed by atoms with Crippen LogP contribution in [0.1, 0.15) is 40.5 Å². The third-order valence-corrected chi connectivity index (χ3v) is 2.90. The fraction of sp³-hybridized carbons (Fsp3) is 0.667. The largest absolute Gasteiger partial charge is 0.417 e. The molecule has 0 aliphatic heterocycles. The molecule has 0 radical (unpaired) electrons. The first-order chi connectivity index (χ1) is 9.99. The van der Waals surface area contributed by atoms with Gasteiger partial charge in [-0.1, -0.05) is 13.0 Å². The molecule has 0 spiro atoms. The fourth-order valence-electron chi connectivity index (χ4n) is 1.83. The Hall–Kier alpha value is -1.40. The highest BCUT2D eigenvalue weighted by molar-refractivity contribution is 5.80. The molecule has 0 heterocycles. The lowest BCUT2D eigenvalue weighted by molar-refractivity contribution is -0.0857. The van der Waals surface area contributed by atoms with E-state index < -0.39 is 17.7 Å².